The van der Waals surface area contributed by atoms with Gasteiger partial charge in [-0.15, -0.1) is 0 Å². The second kappa shape index (κ2) is 2.36. The number of rotatable bonds is 0. The number of hydrogen-bond acceptors (Lipinski definition) is 2. The van der Waals surface area contributed by atoms with Crippen molar-refractivity contribution in [3.05, 3.63) is 12.2 Å². The van der Waals surface area contributed by atoms with Crippen LogP contribution in [0.2, 0.25) is 0 Å². The number of allylic oxidation sites excluding steroid dienone is 2. The summed E-state index contributed by atoms with van der Waals surface area (Å²) >= 11 is 0. The number of hydrogen-bond donors (Lipinski definition) is 0. The number of ether oxygens (including phenoxy) is 1. The monoisotopic (exact) mass is 152 g/mol. The second-order valence-corrected chi connectivity index (χ2v) is 3.46. The van der Waals surface area contributed by atoms with Gasteiger partial charge in [0.05, 0.1) is 13.0 Å². The minimum Gasteiger partial charge on any atom is -0.465 e. The van der Waals surface area contributed by atoms with Gasteiger partial charge in [-0.05, 0) is 11.8 Å². The number of carbonyl (C=O) groups excluding carboxylic acids is 1. The van der Waals surface area contributed by atoms with Crippen LogP contribution in [-0.4, -0.2) is 12.6 Å². The zero-order valence-corrected chi connectivity index (χ0v) is 6.62. The van der Waals surface area contributed by atoms with Crippen LogP contribution in [0.25, 0.3) is 0 Å². The standard InChI is InChI=1S/C9H12O2/c1-6-2-3-7-4-9(10)11-5-8(6)7/h2-3,6-8H,4-5H2,1H3/t6-,7+,8+/m1/s1. The molecule has 0 aromatic rings. The third-order valence-corrected chi connectivity index (χ3v) is 2.73. The normalized spacial score (nSPS) is 41.9. The predicted molar refractivity (Wildman–Crippen MR) is 40.9 cm³/mol. The molecule has 1 heterocycles. The fourth-order valence-electron chi connectivity index (χ4n) is 1.93. The number of carbonyl (C=O) groups is 1. The Kier molecular flexibility index (Phi) is 1.48. The largest absolute Gasteiger partial charge is 0.465 e. The Morgan fingerprint density at radius 2 is 2.36 bits per heavy atom. The highest BCUT2D eigenvalue weighted by molar-refractivity contribution is 5.71. The minimum atomic E-state index is -0.0370. The van der Waals surface area contributed by atoms with Crippen molar-refractivity contribution in [3.63, 3.8) is 0 Å². The fraction of sp³-hybridized carbons (Fsp3) is 0.667. The van der Waals surface area contributed by atoms with Crippen LogP contribution in [0, 0.1) is 17.8 Å². The summed E-state index contributed by atoms with van der Waals surface area (Å²) in [5.74, 6) is 1.58. The zero-order valence-electron chi connectivity index (χ0n) is 6.62. The molecule has 2 aliphatic rings. The van der Waals surface area contributed by atoms with Crippen LogP contribution < -0.4 is 0 Å². The average Bonchev–Trinajstić information content (AvgIpc) is 2.32. The number of esters is 1. The molecule has 2 heteroatoms. The van der Waals surface area contributed by atoms with E-state index in [4.69, 9.17) is 4.74 Å². The van der Waals surface area contributed by atoms with E-state index >= 15 is 0 Å². The summed E-state index contributed by atoms with van der Waals surface area (Å²) in [4.78, 5) is 10.9. The summed E-state index contributed by atoms with van der Waals surface area (Å²) in [6.07, 6.45) is 4.94. The van der Waals surface area contributed by atoms with Gasteiger partial charge in [-0.1, -0.05) is 19.1 Å². The van der Waals surface area contributed by atoms with E-state index in [-0.39, 0.29) is 5.97 Å². The third kappa shape index (κ3) is 1.06. The predicted octanol–water partition coefficient (Wildman–Crippen LogP) is 1.37. The van der Waals surface area contributed by atoms with E-state index in [1.165, 1.54) is 0 Å². The first kappa shape index (κ1) is 6.89. The van der Waals surface area contributed by atoms with Crippen LogP contribution in [-0.2, 0) is 9.53 Å². The van der Waals surface area contributed by atoms with Gasteiger partial charge in [-0.25, -0.2) is 0 Å². The molecule has 0 N–H and O–H groups in total. The lowest BCUT2D eigenvalue weighted by atomic mass is 9.86. The Labute approximate surface area is 66.2 Å². The zero-order chi connectivity index (χ0) is 7.84. The van der Waals surface area contributed by atoms with Crippen LogP contribution in [0.15, 0.2) is 12.2 Å². The van der Waals surface area contributed by atoms with Gasteiger partial charge >= 0.3 is 5.97 Å². The Morgan fingerprint density at radius 3 is 3.18 bits per heavy atom. The Morgan fingerprint density at radius 1 is 1.55 bits per heavy atom. The van der Waals surface area contributed by atoms with Gasteiger partial charge in [0.1, 0.15) is 0 Å². The van der Waals surface area contributed by atoms with Gasteiger partial charge in [-0.3, -0.25) is 4.79 Å². The van der Waals surface area contributed by atoms with Crippen LogP contribution >= 0.6 is 0 Å². The summed E-state index contributed by atoms with van der Waals surface area (Å²) in [5, 5.41) is 0. The van der Waals surface area contributed by atoms with E-state index in [1.54, 1.807) is 0 Å². The van der Waals surface area contributed by atoms with Crippen LogP contribution in [0.1, 0.15) is 13.3 Å². The first-order chi connectivity index (χ1) is 5.27. The van der Waals surface area contributed by atoms with E-state index < -0.39 is 0 Å². The SMILES string of the molecule is C[C@@H]1C=C[C@H]2CC(=O)OC[C@@H]12. The quantitative estimate of drug-likeness (QED) is 0.387. The average molecular weight is 152 g/mol. The van der Waals surface area contributed by atoms with Crippen molar-refractivity contribution in [1.82, 2.24) is 0 Å². The van der Waals surface area contributed by atoms with Crippen molar-refractivity contribution in [3.8, 4) is 0 Å². The molecule has 0 unspecified atom stereocenters. The lowest BCUT2D eigenvalue weighted by Gasteiger charge is -2.26. The van der Waals surface area contributed by atoms with Gasteiger partial charge in [0.15, 0.2) is 0 Å². The van der Waals surface area contributed by atoms with Gasteiger partial charge in [-0.2, -0.15) is 0 Å². The van der Waals surface area contributed by atoms with Gasteiger partial charge < -0.3 is 4.74 Å². The topological polar surface area (TPSA) is 26.3 Å². The van der Waals surface area contributed by atoms with Crippen LogP contribution in [0.4, 0.5) is 0 Å². The van der Waals surface area contributed by atoms with E-state index in [9.17, 15) is 4.79 Å². The molecule has 3 atom stereocenters. The molecule has 1 aliphatic carbocycles. The second-order valence-electron chi connectivity index (χ2n) is 3.46. The lowest BCUT2D eigenvalue weighted by Crippen LogP contribution is -2.30. The van der Waals surface area contributed by atoms with Gasteiger partial charge in [0, 0.05) is 5.92 Å². The molecular weight excluding hydrogens is 140 g/mol. The molecule has 0 aromatic carbocycles. The Hall–Kier alpha value is -0.790. The summed E-state index contributed by atoms with van der Waals surface area (Å²) in [6, 6.07) is 0. The molecule has 0 bridgehead atoms. The van der Waals surface area contributed by atoms with E-state index in [2.05, 4.69) is 19.1 Å². The maximum atomic E-state index is 10.9. The number of cyclic esters (lactones) is 1. The molecule has 0 radical (unpaired) electrons. The molecule has 11 heavy (non-hydrogen) atoms. The van der Waals surface area contributed by atoms with Crippen molar-refractivity contribution >= 4 is 5.97 Å². The third-order valence-electron chi connectivity index (χ3n) is 2.73. The Bertz CT molecular complexity index is 208. The summed E-state index contributed by atoms with van der Waals surface area (Å²) < 4.78 is 4.98. The molecule has 2 rings (SSSR count). The van der Waals surface area contributed by atoms with E-state index in [0.29, 0.717) is 30.8 Å². The van der Waals surface area contributed by atoms with Gasteiger partial charge in [0.25, 0.3) is 0 Å². The molecule has 1 aliphatic heterocycles. The van der Waals surface area contributed by atoms with Crippen molar-refractivity contribution in [2.75, 3.05) is 6.61 Å². The molecule has 1 saturated heterocycles. The van der Waals surface area contributed by atoms with E-state index in [0.717, 1.165) is 0 Å². The molecule has 2 nitrogen and oxygen atoms in total. The van der Waals surface area contributed by atoms with Crippen LogP contribution in [0.3, 0.4) is 0 Å². The molecule has 0 spiro atoms. The first-order valence-electron chi connectivity index (χ1n) is 4.11. The lowest BCUT2D eigenvalue weighted by molar-refractivity contribution is -0.152. The molecule has 60 valence electrons. The highest BCUT2D eigenvalue weighted by Crippen LogP contribution is 2.35. The summed E-state index contributed by atoms with van der Waals surface area (Å²) in [5.41, 5.74) is 0. The molecule has 0 aromatic heterocycles. The van der Waals surface area contributed by atoms with Crippen molar-refractivity contribution in [2.24, 2.45) is 17.8 Å². The molecule has 0 saturated carbocycles. The highest BCUT2D eigenvalue weighted by Gasteiger charge is 2.35. The fourth-order valence-corrected chi connectivity index (χ4v) is 1.93. The summed E-state index contributed by atoms with van der Waals surface area (Å²) in [6.45, 7) is 2.80. The summed E-state index contributed by atoms with van der Waals surface area (Å²) in [7, 11) is 0. The van der Waals surface area contributed by atoms with Crippen molar-refractivity contribution in [1.29, 1.82) is 0 Å². The first-order valence-corrected chi connectivity index (χ1v) is 4.11. The smallest absolute Gasteiger partial charge is 0.306 e. The van der Waals surface area contributed by atoms with E-state index in [1.807, 2.05) is 0 Å². The van der Waals surface area contributed by atoms with Crippen molar-refractivity contribution < 1.29 is 9.53 Å². The molecular formula is C9H12O2. The molecule has 1 fully saturated rings. The van der Waals surface area contributed by atoms with Gasteiger partial charge in [0.2, 0.25) is 0 Å². The number of fused-ring (bicyclic) bond motifs is 1. The van der Waals surface area contributed by atoms with Crippen molar-refractivity contribution in [2.45, 2.75) is 13.3 Å². The minimum absolute atomic E-state index is 0.0370. The highest BCUT2D eigenvalue weighted by atomic mass is 16.5. The Balaban J connectivity index is 2.11. The van der Waals surface area contributed by atoms with Crippen LogP contribution in [0.5, 0.6) is 0 Å². The molecule has 0 amide bonds. The maximum Gasteiger partial charge on any atom is 0.306 e. The maximum absolute atomic E-state index is 10.9.